The van der Waals surface area contributed by atoms with Crippen molar-refractivity contribution < 1.29 is 18.3 Å². The van der Waals surface area contributed by atoms with Gasteiger partial charge in [-0.15, -0.1) is 0 Å². The van der Waals surface area contributed by atoms with Crippen LogP contribution in [0.15, 0.2) is 28.7 Å². The first-order chi connectivity index (χ1) is 8.28. The summed E-state index contributed by atoms with van der Waals surface area (Å²) in [6.45, 7) is 1.54. The molecule has 2 N–H and O–H groups in total. The highest BCUT2D eigenvalue weighted by molar-refractivity contribution is 9.10. The minimum atomic E-state index is -4.19. The van der Waals surface area contributed by atoms with Crippen LogP contribution in [0.2, 0.25) is 0 Å². The van der Waals surface area contributed by atoms with Crippen LogP contribution in [0.4, 0.5) is 13.2 Å². The summed E-state index contributed by atoms with van der Waals surface area (Å²) in [7, 11) is 0. The van der Waals surface area contributed by atoms with Gasteiger partial charge in [0.05, 0.1) is 12.5 Å². The van der Waals surface area contributed by atoms with E-state index in [2.05, 4.69) is 21.2 Å². The molecule has 0 fully saturated rings. The lowest BCUT2D eigenvalue weighted by molar-refractivity contribution is -0.139. The lowest BCUT2D eigenvalue weighted by Crippen LogP contribution is -2.34. The Morgan fingerprint density at radius 1 is 1.39 bits per heavy atom. The van der Waals surface area contributed by atoms with Crippen LogP contribution in [0.3, 0.4) is 0 Å². The summed E-state index contributed by atoms with van der Waals surface area (Å²) in [5.74, 6) is 0. The van der Waals surface area contributed by atoms with Crippen molar-refractivity contribution in [3.63, 3.8) is 0 Å². The van der Waals surface area contributed by atoms with Gasteiger partial charge in [0.1, 0.15) is 0 Å². The van der Waals surface area contributed by atoms with Crippen LogP contribution >= 0.6 is 15.9 Å². The van der Waals surface area contributed by atoms with Crippen LogP contribution in [0.1, 0.15) is 25.0 Å². The minimum absolute atomic E-state index is 0.0910. The molecule has 0 amide bonds. The van der Waals surface area contributed by atoms with Crippen molar-refractivity contribution in [2.75, 3.05) is 6.54 Å². The molecule has 0 saturated carbocycles. The fourth-order valence-electron chi connectivity index (χ4n) is 1.56. The van der Waals surface area contributed by atoms with Crippen LogP contribution in [0.5, 0.6) is 0 Å². The SMILES string of the molecule is CC(CC(F)(F)F)NCC(O)c1cccc(Br)c1. The average molecular weight is 326 g/mol. The summed E-state index contributed by atoms with van der Waals surface area (Å²) >= 11 is 3.27. The second-order valence-corrected chi connectivity index (χ2v) is 5.12. The lowest BCUT2D eigenvalue weighted by atomic mass is 10.1. The fourth-order valence-corrected chi connectivity index (χ4v) is 1.98. The zero-order chi connectivity index (χ0) is 13.8. The van der Waals surface area contributed by atoms with Gasteiger partial charge < -0.3 is 10.4 Å². The van der Waals surface area contributed by atoms with Gasteiger partial charge in [0.2, 0.25) is 0 Å². The monoisotopic (exact) mass is 325 g/mol. The molecule has 2 unspecified atom stereocenters. The van der Waals surface area contributed by atoms with Gasteiger partial charge in [-0.05, 0) is 24.6 Å². The third kappa shape index (κ3) is 5.84. The number of rotatable bonds is 5. The number of hydrogen-bond acceptors (Lipinski definition) is 2. The molecule has 0 aromatic heterocycles. The van der Waals surface area contributed by atoms with Crippen LogP contribution in [-0.4, -0.2) is 23.9 Å². The molecule has 0 bridgehead atoms. The van der Waals surface area contributed by atoms with Gasteiger partial charge in [-0.1, -0.05) is 28.1 Å². The molecule has 1 aromatic rings. The highest BCUT2D eigenvalue weighted by atomic mass is 79.9. The van der Waals surface area contributed by atoms with Gasteiger partial charge >= 0.3 is 6.18 Å². The van der Waals surface area contributed by atoms with Crippen molar-refractivity contribution in [2.45, 2.75) is 31.7 Å². The van der Waals surface area contributed by atoms with E-state index in [1.54, 1.807) is 18.2 Å². The zero-order valence-corrected chi connectivity index (χ0v) is 11.4. The van der Waals surface area contributed by atoms with Gasteiger partial charge in [-0.3, -0.25) is 0 Å². The summed E-state index contributed by atoms with van der Waals surface area (Å²) in [4.78, 5) is 0. The molecular formula is C12H15BrF3NO. The van der Waals surface area contributed by atoms with E-state index in [4.69, 9.17) is 0 Å². The molecule has 102 valence electrons. The van der Waals surface area contributed by atoms with Crippen LogP contribution < -0.4 is 5.32 Å². The van der Waals surface area contributed by atoms with E-state index in [9.17, 15) is 18.3 Å². The van der Waals surface area contributed by atoms with Crippen LogP contribution in [0, 0.1) is 0 Å². The molecule has 0 saturated heterocycles. The molecule has 1 aromatic carbocycles. The largest absolute Gasteiger partial charge is 0.390 e. The first kappa shape index (κ1) is 15.5. The summed E-state index contributed by atoms with van der Waals surface area (Å²) in [6, 6.07) is 6.33. The number of aliphatic hydroxyl groups is 1. The molecule has 2 atom stereocenters. The molecule has 0 radical (unpaired) electrons. The quantitative estimate of drug-likeness (QED) is 0.869. The van der Waals surface area contributed by atoms with Crippen molar-refractivity contribution >= 4 is 15.9 Å². The topological polar surface area (TPSA) is 32.3 Å². The molecule has 0 aliphatic rings. The van der Waals surface area contributed by atoms with E-state index in [0.717, 1.165) is 4.47 Å². The second-order valence-electron chi connectivity index (χ2n) is 4.20. The summed E-state index contributed by atoms with van der Waals surface area (Å²) in [5, 5.41) is 12.5. The van der Waals surface area contributed by atoms with Crippen LogP contribution in [-0.2, 0) is 0 Å². The van der Waals surface area contributed by atoms with Gasteiger partial charge in [0, 0.05) is 17.1 Å². The third-order valence-electron chi connectivity index (χ3n) is 2.43. The van der Waals surface area contributed by atoms with Gasteiger partial charge in [-0.25, -0.2) is 0 Å². The van der Waals surface area contributed by atoms with E-state index in [-0.39, 0.29) is 6.54 Å². The van der Waals surface area contributed by atoms with Crippen molar-refractivity contribution in [3.8, 4) is 0 Å². The Kier molecular flexibility index (Phi) is 5.62. The molecule has 0 aliphatic carbocycles. The smallest absolute Gasteiger partial charge is 0.387 e. The maximum absolute atomic E-state index is 12.1. The lowest BCUT2D eigenvalue weighted by Gasteiger charge is -2.18. The zero-order valence-electron chi connectivity index (χ0n) is 9.84. The van der Waals surface area contributed by atoms with Crippen molar-refractivity contribution in [2.24, 2.45) is 0 Å². The van der Waals surface area contributed by atoms with E-state index in [0.29, 0.717) is 5.56 Å². The Bertz CT molecular complexity index is 384. The maximum atomic E-state index is 12.1. The Labute approximate surface area is 112 Å². The van der Waals surface area contributed by atoms with E-state index in [1.807, 2.05) is 6.07 Å². The predicted molar refractivity (Wildman–Crippen MR) is 67.2 cm³/mol. The summed E-state index contributed by atoms with van der Waals surface area (Å²) in [5.41, 5.74) is 0.663. The molecule has 6 heteroatoms. The summed E-state index contributed by atoms with van der Waals surface area (Å²) in [6.07, 6.45) is -5.91. The molecule has 0 aliphatic heterocycles. The maximum Gasteiger partial charge on any atom is 0.390 e. The standard InChI is InChI=1S/C12H15BrF3NO/c1-8(6-12(14,15)16)17-7-11(18)9-3-2-4-10(13)5-9/h2-5,8,11,17-18H,6-7H2,1H3. The Balaban J connectivity index is 2.44. The predicted octanol–water partition coefficient (Wildman–Crippen LogP) is 3.41. The first-order valence-electron chi connectivity index (χ1n) is 5.51. The third-order valence-corrected chi connectivity index (χ3v) is 2.92. The normalized spacial score (nSPS) is 15.4. The molecule has 18 heavy (non-hydrogen) atoms. The molecule has 2 nitrogen and oxygen atoms in total. The molecule has 0 spiro atoms. The van der Waals surface area contributed by atoms with Crippen LogP contribution in [0.25, 0.3) is 0 Å². The minimum Gasteiger partial charge on any atom is -0.387 e. The molecule has 0 heterocycles. The van der Waals surface area contributed by atoms with Crippen molar-refractivity contribution in [1.29, 1.82) is 0 Å². The number of aliphatic hydroxyl groups excluding tert-OH is 1. The second kappa shape index (κ2) is 6.54. The first-order valence-corrected chi connectivity index (χ1v) is 6.31. The Hall–Kier alpha value is -0.590. The Morgan fingerprint density at radius 2 is 2.06 bits per heavy atom. The number of halogens is 4. The van der Waals surface area contributed by atoms with E-state index < -0.39 is 24.7 Å². The van der Waals surface area contributed by atoms with E-state index in [1.165, 1.54) is 6.92 Å². The van der Waals surface area contributed by atoms with Crippen molar-refractivity contribution in [3.05, 3.63) is 34.3 Å². The van der Waals surface area contributed by atoms with Gasteiger partial charge in [0.25, 0.3) is 0 Å². The number of alkyl halides is 3. The highest BCUT2D eigenvalue weighted by Gasteiger charge is 2.29. The Morgan fingerprint density at radius 3 is 2.61 bits per heavy atom. The summed E-state index contributed by atoms with van der Waals surface area (Å²) < 4.78 is 37.1. The number of benzene rings is 1. The average Bonchev–Trinajstić information content (AvgIpc) is 2.23. The molecule has 1 rings (SSSR count). The highest BCUT2D eigenvalue weighted by Crippen LogP contribution is 2.22. The van der Waals surface area contributed by atoms with Crippen molar-refractivity contribution in [1.82, 2.24) is 5.32 Å². The van der Waals surface area contributed by atoms with Gasteiger partial charge in [0.15, 0.2) is 0 Å². The van der Waals surface area contributed by atoms with Gasteiger partial charge in [-0.2, -0.15) is 13.2 Å². The molecular weight excluding hydrogens is 311 g/mol. The fraction of sp³-hybridized carbons (Fsp3) is 0.500. The number of nitrogens with one attached hydrogen (secondary N) is 1. The number of hydrogen-bond donors (Lipinski definition) is 2. The van der Waals surface area contributed by atoms with E-state index >= 15 is 0 Å².